The maximum Gasteiger partial charge on any atom is 0.337 e. The molecule has 0 radical (unpaired) electrons. The molecule has 8 nitrogen and oxygen atoms in total. The van der Waals surface area contributed by atoms with E-state index in [1.165, 1.54) is 6.92 Å². The second-order valence-corrected chi connectivity index (χ2v) is 6.75. The lowest BCUT2D eigenvalue weighted by Gasteiger charge is -2.42. The number of methoxy groups -OCH3 is 3. The van der Waals surface area contributed by atoms with Crippen molar-refractivity contribution in [2.24, 2.45) is 11.3 Å². The van der Waals surface area contributed by atoms with Gasteiger partial charge in [-0.25, -0.2) is 4.79 Å². The van der Waals surface area contributed by atoms with Crippen molar-refractivity contribution in [2.75, 3.05) is 21.3 Å². The number of esters is 3. The maximum atomic E-state index is 13.0. The van der Waals surface area contributed by atoms with Gasteiger partial charge in [0.2, 0.25) is 0 Å². The molecule has 4 atom stereocenters. The Hall–Kier alpha value is -3.16. The fourth-order valence-corrected chi connectivity index (χ4v) is 4.71. The summed E-state index contributed by atoms with van der Waals surface area (Å²) in [5.41, 5.74) is -1.26. The van der Waals surface area contributed by atoms with Crippen molar-refractivity contribution in [3.63, 3.8) is 0 Å². The standard InChI is InChI=1S/C20H20O8/c1-9(21)20(19(25)28-4)14-10-7-5-6-8-11(10)15(20)13(18(24)27-3)16(22)12(14)17(23)26-2/h5-8,12,14-15,22H,1-4H3/t12-,14+,15-,20+/m1/s1. The van der Waals surface area contributed by atoms with Crippen molar-refractivity contribution in [1.82, 2.24) is 0 Å². The molecule has 0 unspecified atom stereocenters. The SMILES string of the molecule is COC(=O)C1=C(O)[C@H](C(=O)OC)[C@@H]2c3ccccc3[C@H]1[C@@]2(C(C)=O)C(=O)OC. The van der Waals surface area contributed by atoms with Crippen LogP contribution >= 0.6 is 0 Å². The predicted octanol–water partition coefficient (Wildman–Crippen LogP) is 1.40. The van der Waals surface area contributed by atoms with E-state index in [4.69, 9.17) is 14.2 Å². The Kier molecular flexibility index (Phi) is 4.74. The molecule has 1 aromatic rings. The van der Waals surface area contributed by atoms with Gasteiger partial charge >= 0.3 is 17.9 Å². The van der Waals surface area contributed by atoms with E-state index >= 15 is 0 Å². The summed E-state index contributed by atoms with van der Waals surface area (Å²) in [6.07, 6.45) is 0. The number of hydrogen-bond acceptors (Lipinski definition) is 8. The molecule has 3 rings (SSSR count). The summed E-state index contributed by atoms with van der Waals surface area (Å²) in [6, 6.07) is 6.67. The quantitative estimate of drug-likeness (QED) is 0.467. The molecule has 28 heavy (non-hydrogen) atoms. The number of ether oxygens (including phenoxy) is 3. The van der Waals surface area contributed by atoms with Crippen LogP contribution in [0.4, 0.5) is 0 Å². The lowest BCUT2D eigenvalue weighted by atomic mass is 9.57. The van der Waals surface area contributed by atoms with Crippen molar-refractivity contribution < 1.29 is 38.5 Å². The molecule has 0 aromatic heterocycles. The van der Waals surface area contributed by atoms with Crippen LogP contribution < -0.4 is 0 Å². The van der Waals surface area contributed by atoms with Crippen LogP contribution in [-0.2, 0) is 33.4 Å². The molecule has 2 bridgehead atoms. The summed E-state index contributed by atoms with van der Waals surface area (Å²) >= 11 is 0. The zero-order valence-electron chi connectivity index (χ0n) is 15.8. The summed E-state index contributed by atoms with van der Waals surface area (Å²) in [7, 11) is 3.35. The van der Waals surface area contributed by atoms with Crippen LogP contribution in [0.5, 0.6) is 0 Å². The topological polar surface area (TPSA) is 116 Å². The van der Waals surface area contributed by atoms with Crippen molar-refractivity contribution >= 4 is 23.7 Å². The predicted molar refractivity (Wildman–Crippen MR) is 94.2 cm³/mol. The van der Waals surface area contributed by atoms with E-state index in [2.05, 4.69) is 0 Å². The largest absolute Gasteiger partial charge is 0.511 e. The minimum Gasteiger partial charge on any atom is -0.511 e. The molecule has 2 aliphatic rings. The minimum atomic E-state index is -1.91. The van der Waals surface area contributed by atoms with Gasteiger partial charge in [-0.2, -0.15) is 0 Å². The fraction of sp³-hybridized carbons (Fsp3) is 0.400. The highest BCUT2D eigenvalue weighted by atomic mass is 16.5. The molecule has 0 fully saturated rings. The van der Waals surface area contributed by atoms with Gasteiger partial charge in [-0.3, -0.25) is 14.4 Å². The summed E-state index contributed by atoms with van der Waals surface area (Å²) < 4.78 is 14.6. The first kappa shape index (κ1) is 19.6. The third-order valence-corrected chi connectivity index (χ3v) is 5.75. The van der Waals surface area contributed by atoms with Crippen molar-refractivity contribution in [3.05, 3.63) is 46.7 Å². The van der Waals surface area contributed by atoms with Gasteiger partial charge in [-0.05, 0) is 18.1 Å². The first-order chi connectivity index (χ1) is 13.3. The molecule has 1 aromatic carbocycles. The third-order valence-electron chi connectivity index (χ3n) is 5.75. The van der Waals surface area contributed by atoms with Crippen molar-refractivity contribution in [3.8, 4) is 0 Å². The first-order valence-electron chi connectivity index (χ1n) is 8.56. The van der Waals surface area contributed by atoms with E-state index in [-0.39, 0.29) is 5.57 Å². The highest BCUT2D eigenvalue weighted by Gasteiger charge is 2.71. The number of carbonyl (C=O) groups is 4. The number of Topliss-reactive ketones (excluding diaryl/α,β-unsaturated/α-hetero) is 1. The number of aliphatic hydroxyl groups is 1. The van der Waals surface area contributed by atoms with Crippen LogP contribution in [0.1, 0.15) is 29.9 Å². The second-order valence-electron chi connectivity index (χ2n) is 6.75. The number of ketones is 1. The van der Waals surface area contributed by atoms with Gasteiger partial charge in [0.1, 0.15) is 22.9 Å². The summed E-state index contributed by atoms with van der Waals surface area (Å²) in [5, 5.41) is 10.9. The number of hydrogen-bond donors (Lipinski definition) is 1. The van der Waals surface area contributed by atoms with Crippen LogP contribution in [0.15, 0.2) is 35.6 Å². The van der Waals surface area contributed by atoms with Crippen molar-refractivity contribution in [2.45, 2.75) is 18.8 Å². The maximum absolute atomic E-state index is 13.0. The Balaban J connectivity index is 2.49. The molecule has 0 heterocycles. The van der Waals surface area contributed by atoms with E-state index in [0.717, 1.165) is 21.3 Å². The Morgan fingerprint density at radius 1 is 0.964 bits per heavy atom. The normalized spacial score (nSPS) is 27.6. The average Bonchev–Trinajstić information content (AvgIpc) is 2.93. The average molecular weight is 388 g/mol. The Morgan fingerprint density at radius 3 is 2.07 bits per heavy atom. The molecule has 148 valence electrons. The monoisotopic (exact) mass is 388 g/mol. The third kappa shape index (κ3) is 2.23. The van der Waals surface area contributed by atoms with Crippen LogP contribution in [0, 0.1) is 11.3 Å². The minimum absolute atomic E-state index is 0.320. The van der Waals surface area contributed by atoms with Gasteiger partial charge in [-0.1, -0.05) is 24.3 Å². The molecule has 0 amide bonds. The summed E-state index contributed by atoms with van der Waals surface area (Å²) in [4.78, 5) is 51.2. The molecule has 8 heteroatoms. The molecular formula is C20H20O8. The molecule has 0 aliphatic heterocycles. The highest BCUT2D eigenvalue weighted by Crippen LogP contribution is 2.66. The number of rotatable bonds is 4. The van der Waals surface area contributed by atoms with Gasteiger partial charge in [0.15, 0.2) is 0 Å². The van der Waals surface area contributed by atoms with E-state index < -0.39 is 52.6 Å². The Morgan fingerprint density at radius 2 is 1.57 bits per heavy atom. The van der Waals surface area contributed by atoms with Gasteiger partial charge in [0.25, 0.3) is 0 Å². The van der Waals surface area contributed by atoms with Crippen LogP contribution in [0.3, 0.4) is 0 Å². The second kappa shape index (κ2) is 6.78. The Labute approximate surface area is 161 Å². The lowest BCUT2D eigenvalue weighted by molar-refractivity contribution is -0.164. The van der Waals surface area contributed by atoms with Crippen molar-refractivity contribution in [1.29, 1.82) is 0 Å². The molecule has 0 saturated carbocycles. The highest BCUT2D eigenvalue weighted by molar-refractivity contribution is 6.10. The molecule has 0 saturated heterocycles. The van der Waals surface area contributed by atoms with Gasteiger partial charge in [0.05, 0.1) is 26.9 Å². The van der Waals surface area contributed by atoms with E-state index in [1.54, 1.807) is 24.3 Å². The van der Waals surface area contributed by atoms with Crippen LogP contribution in [0.2, 0.25) is 0 Å². The summed E-state index contributed by atoms with van der Waals surface area (Å²) in [6.45, 7) is 1.20. The number of carbonyl (C=O) groups excluding carboxylic acids is 4. The summed E-state index contributed by atoms with van der Waals surface area (Å²) in [5.74, 6) is -7.55. The fourth-order valence-electron chi connectivity index (χ4n) is 4.71. The van der Waals surface area contributed by atoms with Gasteiger partial charge in [0, 0.05) is 11.8 Å². The zero-order chi connectivity index (χ0) is 20.8. The number of aliphatic hydroxyl groups excluding tert-OH is 1. The van der Waals surface area contributed by atoms with E-state index in [9.17, 15) is 24.3 Å². The molecule has 1 N–H and O–H groups in total. The Bertz CT molecular complexity index is 915. The van der Waals surface area contributed by atoms with E-state index in [1.807, 2.05) is 0 Å². The van der Waals surface area contributed by atoms with E-state index in [0.29, 0.717) is 11.1 Å². The number of benzene rings is 1. The zero-order valence-corrected chi connectivity index (χ0v) is 15.8. The molecule has 0 spiro atoms. The lowest BCUT2D eigenvalue weighted by Crippen LogP contribution is -2.53. The smallest absolute Gasteiger partial charge is 0.337 e. The van der Waals surface area contributed by atoms with Gasteiger partial charge < -0.3 is 19.3 Å². The first-order valence-corrected chi connectivity index (χ1v) is 8.56. The molecular weight excluding hydrogens is 368 g/mol. The van der Waals surface area contributed by atoms with Gasteiger partial charge in [-0.15, -0.1) is 0 Å². The van der Waals surface area contributed by atoms with Crippen LogP contribution in [0.25, 0.3) is 0 Å². The van der Waals surface area contributed by atoms with Crippen LogP contribution in [-0.4, -0.2) is 50.1 Å². The number of fused-ring (bicyclic) bond motifs is 5. The molecule has 2 aliphatic carbocycles.